The van der Waals surface area contributed by atoms with Gasteiger partial charge in [0.25, 0.3) is 0 Å². The summed E-state index contributed by atoms with van der Waals surface area (Å²) in [5.41, 5.74) is 0.689. The van der Waals surface area contributed by atoms with Crippen molar-refractivity contribution in [1.29, 1.82) is 0 Å². The second-order valence-electron chi connectivity index (χ2n) is 5.42. The van der Waals surface area contributed by atoms with Gasteiger partial charge in [-0.1, -0.05) is 6.07 Å². The summed E-state index contributed by atoms with van der Waals surface area (Å²) in [5, 5.41) is 9.53. The van der Waals surface area contributed by atoms with Gasteiger partial charge in [0, 0.05) is 13.1 Å². The van der Waals surface area contributed by atoms with Gasteiger partial charge in [0.15, 0.2) is 0 Å². The van der Waals surface area contributed by atoms with Gasteiger partial charge in [-0.2, -0.15) is 4.31 Å². The molecule has 1 aromatic carbocycles. The van der Waals surface area contributed by atoms with E-state index in [2.05, 4.69) is 0 Å². The smallest absolute Gasteiger partial charge is 0.245 e. The lowest BCUT2D eigenvalue weighted by atomic mass is 9.93. The highest BCUT2D eigenvalue weighted by Crippen LogP contribution is 2.27. The Balaban J connectivity index is 2.20. The molecule has 1 fully saturated rings. The molecule has 6 heteroatoms. The van der Waals surface area contributed by atoms with Crippen LogP contribution in [0.25, 0.3) is 0 Å². The minimum Gasteiger partial charge on any atom is -0.393 e. The Labute approximate surface area is 119 Å². The molecule has 0 radical (unpaired) electrons. The summed E-state index contributed by atoms with van der Waals surface area (Å²) < 4.78 is 40.0. The Morgan fingerprint density at radius 1 is 1.35 bits per heavy atom. The van der Waals surface area contributed by atoms with E-state index in [1.807, 2.05) is 0 Å². The van der Waals surface area contributed by atoms with Crippen molar-refractivity contribution in [3.8, 4) is 0 Å². The number of aryl methyl sites for hydroxylation is 1. The molecule has 0 saturated carbocycles. The summed E-state index contributed by atoms with van der Waals surface area (Å²) in [4.78, 5) is -0.265. The third-order valence-electron chi connectivity index (χ3n) is 3.89. The van der Waals surface area contributed by atoms with Gasteiger partial charge in [0.05, 0.1) is 6.10 Å². The van der Waals surface area contributed by atoms with Gasteiger partial charge in [0.1, 0.15) is 10.7 Å². The minimum atomic E-state index is -3.78. The maximum absolute atomic E-state index is 13.9. The lowest BCUT2D eigenvalue weighted by molar-refractivity contribution is 0.0911. The maximum Gasteiger partial charge on any atom is 0.245 e. The molecule has 0 spiro atoms. The molecule has 1 unspecified atom stereocenters. The molecular weight excluding hydrogens is 281 g/mol. The van der Waals surface area contributed by atoms with Gasteiger partial charge in [-0.25, -0.2) is 12.8 Å². The molecule has 2 rings (SSSR count). The number of rotatable bonds is 3. The predicted molar refractivity (Wildman–Crippen MR) is 74.3 cm³/mol. The lowest BCUT2D eigenvalue weighted by Crippen LogP contribution is -2.40. The van der Waals surface area contributed by atoms with E-state index < -0.39 is 21.9 Å². The number of hydrogen-bond donors (Lipinski definition) is 1. The number of hydrogen-bond acceptors (Lipinski definition) is 3. The zero-order valence-corrected chi connectivity index (χ0v) is 12.5. The van der Waals surface area contributed by atoms with Crippen molar-refractivity contribution in [2.75, 3.05) is 13.1 Å². The van der Waals surface area contributed by atoms with Crippen molar-refractivity contribution in [2.24, 2.45) is 5.92 Å². The van der Waals surface area contributed by atoms with E-state index in [-0.39, 0.29) is 10.8 Å². The molecule has 4 nitrogen and oxygen atoms in total. The molecule has 0 aliphatic carbocycles. The van der Waals surface area contributed by atoms with E-state index in [0.717, 1.165) is 0 Å². The zero-order valence-electron chi connectivity index (χ0n) is 11.7. The summed E-state index contributed by atoms with van der Waals surface area (Å²) >= 11 is 0. The SMILES string of the molecule is Cc1ccc(S(=O)(=O)N2CCC(C(C)O)CC2)c(F)c1. The molecule has 1 aliphatic rings. The Morgan fingerprint density at radius 3 is 2.45 bits per heavy atom. The molecular formula is C14H20FNO3S. The monoisotopic (exact) mass is 301 g/mol. The highest BCUT2D eigenvalue weighted by Gasteiger charge is 2.32. The molecule has 1 N–H and O–H groups in total. The fourth-order valence-electron chi connectivity index (χ4n) is 2.55. The topological polar surface area (TPSA) is 57.6 Å². The standard InChI is InChI=1S/C14H20FNO3S/c1-10-3-4-14(13(15)9-10)20(18,19)16-7-5-12(6-8-16)11(2)17/h3-4,9,11-12,17H,5-8H2,1-2H3. The number of sulfonamides is 1. The number of halogens is 1. The van der Waals surface area contributed by atoms with Crippen LogP contribution in [0.1, 0.15) is 25.3 Å². The van der Waals surface area contributed by atoms with Gasteiger partial charge < -0.3 is 5.11 Å². The average molecular weight is 301 g/mol. The normalized spacial score (nSPS) is 20.0. The van der Waals surface area contributed by atoms with E-state index in [1.54, 1.807) is 19.9 Å². The number of aliphatic hydroxyl groups is 1. The Hall–Kier alpha value is -0.980. The van der Waals surface area contributed by atoms with Crippen LogP contribution >= 0.6 is 0 Å². The summed E-state index contributed by atoms with van der Waals surface area (Å²) in [6, 6.07) is 4.15. The first-order valence-corrected chi connectivity index (χ1v) is 8.20. The van der Waals surface area contributed by atoms with Gasteiger partial charge in [0.2, 0.25) is 10.0 Å². The second kappa shape index (κ2) is 5.79. The van der Waals surface area contributed by atoms with Crippen molar-refractivity contribution < 1.29 is 17.9 Å². The number of nitrogens with zero attached hydrogens (tertiary/aromatic N) is 1. The van der Waals surface area contributed by atoms with Crippen LogP contribution in [0.2, 0.25) is 0 Å². The summed E-state index contributed by atoms with van der Waals surface area (Å²) in [6.45, 7) is 4.08. The van der Waals surface area contributed by atoms with Crippen LogP contribution in [-0.4, -0.2) is 37.0 Å². The summed E-state index contributed by atoms with van der Waals surface area (Å²) in [7, 11) is -3.78. The van der Waals surface area contributed by atoms with Crippen molar-refractivity contribution in [3.05, 3.63) is 29.6 Å². The van der Waals surface area contributed by atoms with Crippen molar-refractivity contribution in [1.82, 2.24) is 4.31 Å². The largest absolute Gasteiger partial charge is 0.393 e. The number of benzene rings is 1. The molecule has 0 aromatic heterocycles. The predicted octanol–water partition coefficient (Wildman–Crippen LogP) is 1.92. The molecule has 1 aliphatic heterocycles. The molecule has 1 heterocycles. The molecule has 112 valence electrons. The quantitative estimate of drug-likeness (QED) is 0.928. The van der Waals surface area contributed by atoms with Crippen LogP contribution in [-0.2, 0) is 10.0 Å². The van der Waals surface area contributed by atoms with Gasteiger partial charge in [-0.15, -0.1) is 0 Å². The third kappa shape index (κ3) is 3.02. The number of aliphatic hydroxyl groups excluding tert-OH is 1. The molecule has 1 atom stereocenters. The van der Waals surface area contributed by atoms with Crippen molar-refractivity contribution in [2.45, 2.75) is 37.7 Å². The second-order valence-corrected chi connectivity index (χ2v) is 7.32. The van der Waals surface area contributed by atoms with E-state index in [4.69, 9.17) is 0 Å². The fourth-order valence-corrected chi connectivity index (χ4v) is 4.07. The Kier molecular flexibility index (Phi) is 4.46. The summed E-state index contributed by atoms with van der Waals surface area (Å²) in [5.74, 6) is -0.591. The molecule has 0 bridgehead atoms. The van der Waals surface area contributed by atoms with Gasteiger partial charge >= 0.3 is 0 Å². The molecule has 1 saturated heterocycles. The molecule has 1 aromatic rings. The minimum absolute atomic E-state index is 0.115. The highest BCUT2D eigenvalue weighted by molar-refractivity contribution is 7.89. The van der Waals surface area contributed by atoms with E-state index in [1.165, 1.54) is 16.4 Å². The zero-order chi connectivity index (χ0) is 14.9. The van der Waals surface area contributed by atoms with E-state index in [0.29, 0.717) is 31.5 Å². The molecule has 0 amide bonds. The van der Waals surface area contributed by atoms with E-state index >= 15 is 0 Å². The number of piperidine rings is 1. The maximum atomic E-state index is 13.9. The Morgan fingerprint density at radius 2 is 1.95 bits per heavy atom. The lowest BCUT2D eigenvalue weighted by Gasteiger charge is -2.32. The van der Waals surface area contributed by atoms with Crippen LogP contribution in [0.3, 0.4) is 0 Å². The highest BCUT2D eigenvalue weighted by atomic mass is 32.2. The fraction of sp³-hybridized carbons (Fsp3) is 0.571. The first-order chi connectivity index (χ1) is 9.32. The van der Waals surface area contributed by atoms with Crippen LogP contribution in [0.15, 0.2) is 23.1 Å². The van der Waals surface area contributed by atoms with Crippen LogP contribution < -0.4 is 0 Å². The first kappa shape index (κ1) is 15.4. The van der Waals surface area contributed by atoms with Crippen molar-refractivity contribution >= 4 is 10.0 Å². The van der Waals surface area contributed by atoms with Gasteiger partial charge in [-0.05, 0) is 50.3 Å². The first-order valence-electron chi connectivity index (χ1n) is 6.76. The van der Waals surface area contributed by atoms with Crippen molar-refractivity contribution in [3.63, 3.8) is 0 Å². The van der Waals surface area contributed by atoms with Crippen LogP contribution in [0.4, 0.5) is 4.39 Å². The van der Waals surface area contributed by atoms with Gasteiger partial charge in [-0.3, -0.25) is 0 Å². The van der Waals surface area contributed by atoms with E-state index in [9.17, 15) is 17.9 Å². The molecule has 20 heavy (non-hydrogen) atoms. The summed E-state index contributed by atoms with van der Waals surface area (Å²) in [6.07, 6.45) is 0.769. The Bertz CT molecular complexity index is 578. The average Bonchev–Trinajstić information content (AvgIpc) is 2.38. The van der Waals surface area contributed by atoms with Crippen LogP contribution in [0.5, 0.6) is 0 Å². The van der Waals surface area contributed by atoms with Crippen LogP contribution in [0, 0.1) is 18.7 Å². The third-order valence-corrected chi connectivity index (χ3v) is 5.82.